The number of likely N-dealkylation sites (N-methyl/N-ethyl adjacent to an activating group) is 1. The van der Waals surface area contributed by atoms with Crippen molar-refractivity contribution in [2.75, 3.05) is 21.3 Å². The molecule has 1 aliphatic carbocycles. The fraction of sp³-hybridized carbons (Fsp3) is 0.583. The van der Waals surface area contributed by atoms with Crippen LogP contribution in [0.15, 0.2) is 12.2 Å². The SMILES string of the molecule is COC(=O)[C@@H]1[C@H](C(=O)OC)[C@H]2C=C[C@@H]1C(=O)N2C. The summed E-state index contributed by atoms with van der Waals surface area (Å²) in [4.78, 5) is 37.1. The number of hydrogen-bond donors (Lipinski definition) is 0. The van der Waals surface area contributed by atoms with Crippen molar-refractivity contribution in [1.82, 2.24) is 4.90 Å². The molecule has 3 rings (SSSR count). The van der Waals surface area contributed by atoms with Gasteiger partial charge < -0.3 is 14.4 Å². The molecule has 1 saturated heterocycles. The number of carbonyl (C=O) groups is 3. The molecule has 2 aliphatic heterocycles. The van der Waals surface area contributed by atoms with Gasteiger partial charge in [-0.05, 0) is 0 Å². The standard InChI is InChI=1S/C12H15NO5/c1-13-7-5-4-6(10(13)14)8(11(15)17-2)9(7)12(16)18-3/h4-9H,1-3H3/t6-,7+,8-,9+/m0/s1. The van der Waals surface area contributed by atoms with E-state index in [0.29, 0.717) is 0 Å². The third-order valence-electron chi connectivity index (χ3n) is 3.68. The Kier molecular flexibility index (Phi) is 3.11. The second-order valence-corrected chi connectivity index (χ2v) is 4.45. The number of nitrogens with zero attached hydrogens (tertiary/aromatic N) is 1. The number of rotatable bonds is 2. The van der Waals surface area contributed by atoms with Gasteiger partial charge in [-0.25, -0.2) is 0 Å². The average molecular weight is 253 g/mol. The summed E-state index contributed by atoms with van der Waals surface area (Å²) < 4.78 is 9.43. The van der Waals surface area contributed by atoms with Crippen molar-refractivity contribution in [1.29, 1.82) is 0 Å². The maximum absolute atomic E-state index is 12.0. The molecule has 18 heavy (non-hydrogen) atoms. The van der Waals surface area contributed by atoms with Crippen molar-refractivity contribution in [2.24, 2.45) is 17.8 Å². The molecule has 0 aromatic rings. The minimum atomic E-state index is -0.791. The quantitative estimate of drug-likeness (QED) is 0.494. The first-order valence-electron chi connectivity index (χ1n) is 5.63. The molecular weight excluding hydrogens is 238 g/mol. The largest absolute Gasteiger partial charge is 0.469 e. The van der Waals surface area contributed by atoms with Crippen LogP contribution in [0.2, 0.25) is 0 Å². The first kappa shape index (κ1) is 12.6. The van der Waals surface area contributed by atoms with Gasteiger partial charge in [0.05, 0.1) is 38.0 Å². The summed E-state index contributed by atoms with van der Waals surface area (Å²) in [5.41, 5.74) is 0. The fourth-order valence-corrected chi connectivity index (χ4v) is 2.75. The van der Waals surface area contributed by atoms with E-state index in [1.54, 1.807) is 19.2 Å². The Morgan fingerprint density at radius 1 is 1.11 bits per heavy atom. The molecule has 0 spiro atoms. The first-order chi connectivity index (χ1) is 8.52. The summed E-state index contributed by atoms with van der Waals surface area (Å²) in [5, 5.41) is 0. The molecule has 0 aromatic heterocycles. The molecule has 3 aliphatic rings. The highest BCUT2D eigenvalue weighted by molar-refractivity contribution is 5.94. The van der Waals surface area contributed by atoms with E-state index < -0.39 is 35.7 Å². The van der Waals surface area contributed by atoms with Crippen LogP contribution in [0.4, 0.5) is 0 Å². The maximum Gasteiger partial charge on any atom is 0.312 e. The molecule has 4 atom stereocenters. The summed E-state index contributed by atoms with van der Waals surface area (Å²) in [5.74, 6) is -3.34. The lowest BCUT2D eigenvalue weighted by atomic mass is 9.68. The van der Waals surface area contributed by atoms with E-state index in [9.17, 15) is 14.4 Å². The maximum atomic E-state index is 12.0. The van der Waals surface area contributed by atoms with E-state index in [0.717, 1.165) is 0 Å². The predicted octanol–water partition coefficient (Wildman–Crippen LogP) is -0.409. The molecule has 1 amide bonds. The Bertz CT molecular complexity index is 430. The third-order valence-corrected chi connectivity index (χ3v) is 3.68. The zero-order chi connectivity index (χ0) is 13.4. The van der Waals surface area contributed by atoms with Crippen LogP contribution in [0.1, 0.15) is 0 Å². The number of ether oxygens (including phenoxy) is 2. The van der Waals surface area contributed by atoms with Crippen molar-refractivity contribution >= 4 is 17.8 Å². The van der Waals surface area contributed by atoms with Crippen LogP contribution in [-0.2, 0) is 23.9 Å². The third kappa shape index (κ3) is 1.60. The van der Waals surface area contributed by atoms with E-state index in [2.05, 4.69) is 0 Å². The summed E-state index contributed by atoms with van der Waals surface area (Å²) in [6.45, 7) is 0. The minimum absolute atomic E-state index is 0.168. The summed E-state index contributed by atoms with van der Waals surface area (Å²) in [7, 11) is 4.13. The van der Waals surface area contributed by atoms with Crippen LogP contribution in [-0.4, -0.2) is 50.1 Å². The van der Waals surface area contributed by atoms with E-state index in [4.69, 9.17) is 9.47 Å². The lowest BCUT2D eigenvalue weighted by Gasteiger charge is -2.46. The van der Waals surface area contributed by atoms with E-state index in [-0.39, 0.29) is 5.91 Å². The zero-order valence-corrected chi connectivity index (χ0v) is 10.5. The van der Waals surface area contributed by atoms with Crippen LogP contribution in [0.3, 0.4) is 0 Å². The van der Waals surface area contributed by atoms with E-state index in [1.165, 1.54) is 19.1 Å². The van der Waals surface area contributed by atoms with Gasteiger partial charge in [0.25, 0.3) is 0 Å². The Balaban J connectivity index is 2.43. The number of fused-ring (bicyclic) bond motifs is 2. The van der Waals surface area contributed by atoms with Gasteiger partial charge in [0.2, 0.25) is 5.91 Å². The molecule has 6 nitrogen and oxygen atoms in total. The molecule has 6 heteroatoms. The zero-order valence-electron chi connectivity index (χ0n) is 10.5. The molecule has 0 N–H and O–H groups in total. The van der Waals surface area contributed by atoms with E-state index in [1.807, 2.05) is 0 Å². The highest BCUT2D eigenvalue weighted by Gasteiger charge is 2.55. The van der Waals surface area contributed by atoms with Gasteiger partial charge in [0, 0.05) is 7.05 Å². The highest BCUT2D eigenvalue weighted by atomic mass is 16.5. The average Bonchev–Trinajstić information content (AvgIpc) is 2.41. The second kappa shape index (κ2) is 4.44. The summed E-state index contributed by atoms with van der Waals surface area (Å²) >= 11 is 0. The van der Waals surface area contributed by atoms with Gasteiger partial charge >= 0.3 is 11.9 Å². The van der Waals surface area contributed by atoms with Gasteiger partial charge in [-0.2, -0.15) is 0 Å². The molecular formula is C12H15NO5. The van der Waals surface area contributed by atoms with Crippen LogP contribution in [0.25, 0.3) is 0 Å². The van der Waals surface area contributed by atoms with Crippen LogP contribution >= 0.6 is 0 Å². The van der Waals surface area contributed by atoms with Gasteiger partial charge in [0.15, 0.2) is 0 Å². The second-order valence-electron chi connectivity index (χ2n) is 4.45. The number of carbonyl (C=O) groups excluding carboxylic acids is 3. The van der Waals surface area contributed by atoms with Crippen molar-refractivity contribution in [3.05, 3.63) is 12.2 Å². The van der Waals surface area contributed by atoms with Crippen LogP contribution < -0.4 is 0 Å². The van der Waals surface area contributed by atoms with Crippen molar-refractivity contribution in [2.45, 2.75) is 6.04 Å². The summed E-state index contributed by atoms with van der Waals surface area (Å²) in [6, 6.07) is -0.445. The molecule has 0 unspecified atom stereocenters. The normalized spacial score (nSPS) is 33.5. The molecule has 0 radical (unpaired) electrons. The molecule has 0 aromatic carbocycles. The van der Waals surface area contributed by atoms with Gasteiger partial charge in [0.1, 0.15) is 0 Å². The Labute approximate surface area is 105 Å². The molecule has 0 saturated carbocycles. The molecule has 2 heterocycles. The number of hydrogen-bond acceptors (Lipinski definition) is 5. The van der Waals surface area contributed by atoms with Gasteiger partial charge in [-0.3, -0.25) is 14.4 Å². The Morgan fingerprint density at radius 2 is 1.67 bits per heavy atom. The van der Waals surface area contributed by atoms with Crippen molar-refractivity contribution in [3.63, 3.8) is 0 Å². The summed E-state index contributed by atoms with van der Waals surface area (Å²) in [6.07, 6.45) is 3.45. The number of amides is 1. The van der Waals surface area contributed by atoms with Gasteiger partial charge in [-0.1, -0.05) is 12.2 Å². The van der Waals surface area contributed by atoms with Gasteiger partial charge in [-0.15, -0.1) is 0 Å². The fourth-order valence-electron chi connectivity index (χ4n) is 2.75. The minimum Gasteiger partial charge on any atom is -0.469 e. The molecule has 98 valence electrons. The van der Waals surface area contributed by atoms with Crippen LogP contribution in [0.5, 0.6) is 0 Å². The smallest absolute Gasteiger partial charge is 0.312 e. The van der Waals surface area contributed by atoms with E-state index >= 15 is 0 Å². The van der Waals surface area contributed by atoms with Crippen molar-refractivity contribution in [3.8, 4) is 0 Å². The number of piperidine rings is 1. The van der Waals surface area contributed by atoms with Crippen molar-refractivity contribution < 1.29 is 23.9 Å². The van der Waals surface area contributed by atoms with Crippen LogP contribution in [0, 0.1) is 17.8 Å². The Morgan fingerprint density at radius 3 is 2.22 bits per heavy atom. The molecule has 2 bridgehead atoms. The number of methoxy groups -OCH3 is 2. The lowest BCUT2D eigenvalue weighted by Crippen LogP contribution is -2.61. The molecule has 1 fully saturated rings. The Hall–Kier alpha value is -1.85. The topological polar surface area (TPSA) is 72.9 Å². The predicted molar refractivity (Wildman–Crippen MR) is 60.2 cm³/mol. The highest BCUT2D eigenvalue weighted by Crippen LogP contribution is 2.40. The monoisotopic (exact) mass is 253 g/mol. The first-order valence-corrected chi connectivity index (χ1v) is 5.63. The number of esters is 2. The lowest BCUT2D eigenvalue weighted by molar-refractivity contribution is -0.171.